The average Bonchev–Trinajstić information content (AvgIpc) is 3.54. The molecule has 0 amide bonds. The van der Waals surface area contributed by atoms with Gasteiger partial charge in [0.15, 0.2) is 11.2 Å². The predicted molar refractivity (Wildman–Crippen MR) is 143 cm³/mol. The fourth-order valence-corrected chi connectivity index (χ4v) is 4.02. The number of fused-ring (bicyclic) bond motifs is 1. The van der Waals surface area contributed by atoms with Crippen molar-refractivity contribution in [3.8, 4) is 0 Å². The number of hydrogen-bond donors (Lipinski definition) is 4. The Bertz CT molecular complexity index is 1290. The van der Waals surface area contributed by atoms with Gasteiger partial charge in [-0.1, -0.05) is 40.5 Å². The molecule has 228 valence electrons. The monoisotopic (exact) mass is 583 g/mol. The Morgan fingerprint density at radius 2 is 1.76 bits per heavy atom. The number of hydrogen-bond acceptors (Lipinski definition) is 13. The molecule has 1 aliphatic rings. The van der Waals surface area contributed by atoms with Gasteiger partial charge in [-0.25, -0.2) is 14.2 Å². The molecule has 1 saturated heterocycles. The first-order chi connectivity index (χ1) is 19.4. The number of imidazole rings is 1. The molecule has 0 spiro atoms. The third kappa shape index (κ3) is 7.56. The lowest BCUT2D eigenvalue weighted by Crippen LogP contribution is -2.45. The van der Waals surface area contributed by atoms with E-state index in [2.05, 4.69) is 15.0 Å². The van der Waals surface area contributed by atoms with E-state index in [9.17, 15) is 23.6 Å². The van der Waals surface area contributed by atoms with Gasteiger partial charge in [0.25, 0.3) is 5.56 Å². The molecule has 1 fully saturated rings. The highest BCUT2D eigenvalue weighted by Crippen LogP contribution is 2.32. The summed E-state index contributed by atoms with van der Waals surface area (Å²) in [5, 5.41) is 0. The van der Waals surface area contributed by atoms with Crippen molar-refractivity contribution in [1.29, 1.82) is 0 Å². The summed E-state index contributed by atoms with van der Waals surface area (Å²) in [6.07, 6.45) is -3.07. The zero-order valence-electron chi connectivity index (χ0n) is 23.4. The van der Waals surface area contributed by atoms with E-state index in [4.69, 9.17) is 36.1 Å². The number of nitrogen functional groups attached to an aromatic ring is 1. The molecular formula is C25H38FN7O8. The molecule has 15 nitrogen and oxygen atoms in total. The van der Waals surface area contributed by atoms with E-state index >= 15 is 0 Å². The van der Waals surface area contributed by atoms with Crippen LogP contribution in [-0.2, 0) is 33.3 Å². The van der Waals surface area contributed by atoms with Gasteiger partial charge in [-0.2, -0.15) is 4.98 Å². The number of aromatic nitrogens is 4. The van der Waals surface area contributed by atoms with Crippen molar-refractivity contribution in [2.24, 2.45) is 23.3 Å². The Hall–Kier alpha value is -3.63. The zero-order valence-corrected chi connectivity index (χ0v) is 23.4. The van der Waals surface area contributed by atoms with Crippen molar-refractivity contribution >= 4 is 35.0 Å². The number of carbonyl (C=O) groups excluding carboxylic acids is 3. The van der Waals surface area contributed by atoms with Crippen molar-refractivity contribution in [1.82, 2.24) is 19.5 Å². The van der Waals surface area contributed by atoms with Crippen molar-refractivity contribution in [3.63, 3.8) is 0 Å². The fraction of sp³-hybridized carbons (Fsp3) is 0.680. The number of nitrogens with two attached hydrogens (primary N) is 3. The topological polar surface area (TPSA) is 230 Å². The van der Waals surface area contributed by atoms with Gasteiger partial charge < -0.3 is 36.1 Å². The van der Waals surface area contributed by atoms with Crippen LogP contribution in [0, 0.1) is 11.8 Å². The second-order valence-electron chi connectivity index (χ2n) is 10.2. The maximum atomic E-state index is 14.9. The van der Waals surface area contributed by atoms with E-state index in [0.717, 1.165) is 0 Å². The third-order valence-electron chi connectivity index (χ3n) is 7.27. The van der Waals surface area contributed by atoms with Crippen LogP contribution in [0.2, 0.25) is 0 Å². The standard InChI is InChI=1S/C25H38FN7O8/c1-5-11(3)17(27)23(36)39-9-15(41-24(37)18(28)12(4)6-2)22(35)38-8-14-13(26)7-16(40-14)33-10-30-19-20(33)31-25(29)32-21(19)34/h10-18H,5-9,27-28H2,1-4H3,(H3,29,31,32,34)/t11-,12-,13?,14+,15+,16+,17-,18-/m0/s1. The highest BCUT2D eigenvalue weighted by molar-refractivity contribution is 5.82. The Morgan fingerprint density at radius 1 is 1.12 bits per heavy atom. The third-order valence-corrected chi connectivity index (χ3v) is 7.27. The number of anilines is 1. The van der Waals surface area contributed by atoms with Crippen molar-refractivity contribution in [2.45, 2.75) is 83.6 Å². The van der Waals surface area contributed by atoms with Crippen LogP contribution in [0.3, 0.4) is 0 Å². The Morgan fingerprint density at radius 3 is 2.39 bits per heavy atom. The molecule has 2 aromatic heterocycles. The number of nitrogens with zero attached hydrogens (tertiary/aromatic N) is 3. The number of rotatable bonds is 13. The highest BCUT2D eigenvalue weighted by Gasteiger charge is 2.39. The van der Waals surface area contributed by atoms with E-state index in [1.165, 1.54) is 10.9 Å². The average molecular weight is 584 g/mol. The SMILES string of the molecule is CC[C@H](C)[C@H](N)C(=O)OC[C@@H](OC(=O)[C@@H](N)[C@@H](C)CC)C(=O)OC[C@H]1O[C@@H](n2cnc3c(=O)[nH]c(N)nc32)CC1F. The van der Waals surface area contributed by atoms with Gasteiger partial charge in [-0.15, -0.1) is 0 Å². The maximum Gasteiger partial charge on any atom is 0.351 e. The van der Waals surface area contributed by atoms with Gasteiger partial charge in [0.05, 0.1) is 6.33 Å². The largest absolute Gasteiger partial charge is 0.460 e. The molecule has 0 saturated carbocycles. The molecule has 41 heavy (non-hydrogen) atoms. The molecule has 3 rings (SSSR count). The number of alkyl halides is 1. The van der Waals surface area contributed by atoms with Crippen LogP contribution in [0.25, 0.3) is 11.2 Å². The van der Waals surface area contributed by atoms with Gasteiger partial charge in [0, 0.05) is 6.42 Å². The first kappa shape index (κ1) is 31.9. The molecule has 8 atom stereocenters. The number of halogens is 1. The maximum absolute atomic E-state index is 14.9. The minimum atomic E-state index is -1.67. The quantitative estimate of drug-likeness (QED) is 0.181. The van der Waals surface area contributed by atoms with Crippen molar-refractivity contribution in [3.05, 3.63) is 16.7 Å². The van der Waals surface area contributed by atoms with Crippen LogP contribution >= 0.6 is 0 Å². The lowest BCUT2D eigenvalue weighted by molar-refractivity contribution is -0.178. The van der Waals surface area contributed by atoms with Gasteiger partial charge in [-0.05, 0) is 11.8 Å². The molecule has 1 aliphatic heterocycles. The molecule has 7 N–H and O–H groups in total. The van der Waals surface area contributed by atoms with E-state index < -0.39 is 73.4 Å². The Kier molecular flexibility index (Phi) is 10.8. The van der Waals surface area contributed by atoms with E-state index in [-0.39, 0.29) is 35.4 Å². The number of aromatic amines is 1. The van der Waals surface area contributed by atoms with E-state index in [1.807, 2.05) is 13.8 Å². The van der Waals surface area contributed by atoms with Gasteiger partial charge >= 0.3 is 17.9 Å². The normalized spacial score (nSPS) is 22.5. The number of ether oxygens (including phenoxy) is 4. The minimum Gasteiger partial charge on any atom is -0.460 e. The van der Waals surface area contributed by atoms with Crippen LogP contribution in [0.5, 0.6) is 0 Å². The molecule has 0 aromatic carbocycles. The van der Waals surface area contributed by atoms with Crippen LogP contribution in [-0.4, -0.2) is 81.1 Å². The van der Waals surface area contributed by atoms with Crippen LogP contribution in [0.15, 0.2) is 11.1 Å². The van der Waals surface area contributed by atoms with Gasteiger partial charge in [0.2, 0.25) is 12.1 Å². The van der Waals surface area contributed by atoms with E-state index in [1.54, 1.807) is 13.8 Å². The second-order valence-corrected chi connectivity index (χ2v) is 10.2. The summed E-state index contributed by atoms with van der Waals surface area (Å²) in [5.41, 5.74) is 17.0. The molecule has 2 aromatic rings. The predicted octanol–water partition coefficient (Wildman–Crippen LogP) is 0.0724. The summed E-state index contributed by atoms with van der Waals surface area (Å²) in [4.78, 5) is 60.2. The molecule has 0 aliphatic carbocycles. The molecule has 1 unspecified atom stereocenters. The minimum absolute atomic E-state index is 0.00376. The number of H-pyrrole nitrogens is 1. The molecule has 3 heterocycles. The number of nitrogens with one attached hydrogen (secondary N) is 1. The van der Waals surface area contributed by atoms with Crippen LogP contribution in [0.1, 0.15) is 53.2 Å². The highest BCUT2D eigenvalue weighted by atomic mass is 19.1. The van der Waals surface area contributed by atoms with Crippen LogP contribution in [0.4, 0.5) is 10.3 Å². The smallest absolute Gasteiger partial charge is 0.351 e. The summed E-state index contributed by atoms with van der Waals surface area (Å²) in [5.74, 6) is -3.36. The summed E-state index contributed by atoms with van der Waals surface area (Å²) < 4.78 is 37.6. The summed E-state index contributed by atoms with van der Waals surface area (Å²) in [6.45, 7) is 5.97. The summed E-state index contributed by atoms with van der Waals surface area (Å²) in [6, 6.07) is -1.99. The zero-order chi connectivity index (χ0) is 30.4. The van der Waals surface area contributed by atoms with E-state index in [0.29, 0.717) is 12.8 Å². The first-order valence-electron chi connectivity index (χ1n) is 13.4. The molecular weight excluding hydrogens is 545 g/mol. The summed E-state index contributed by atoms with van der Waals surface area (Å²) in [7, 11) is 0. The lowest BCUT2D eigenvalue weighted by atomic mass is 10.0. The molecule has 16 heteroatoms. The second kappa shape index (κ2) is 13.8. The fourth-order valence-electron chi connectivity index (χ4n) is 4.02. The summed E-state index contributed by atoms with van der Waals surface area (Å²) >= 11 is 0. The molecule has 0 bridgehead atoms. The van der Waals surface area contributed by atoms with Gasteiger partial charge in [0.1, 0.15) is 43.8 Å². The number of esters is 3. The van der Waals surface area contributed by atoms with Gasteiger partial charge in [-0.3, -0.25) is 23.9 Å². The van der Waals surface area contributed by atoms with Crippen LogP contribution < -0.4 is 22.8 Å². The van der Waals surface area contributed by atoms with Crippen molar-refractivity contribution in [2.75, 3.05) is 18.9 Å². The Labute approximate surface area is 235 Å². The van der Waals surface area contributed by atoms with Crippen molar-refractivity contribution < 1.29 is 37.7 Å². The lowest BCUT2D eigenvalue weighted by Gasteiger charge is -2.23. The molecule has 0 radical (unpaired) electrons. The first-order valence-corrected chi connectivity index (χ1v) is 13.4. The Balaban J connectivity index is 1.67. The number of carbonyl (C=O) groups is 3.